The Morgan fingerprint density at radius 2 is 1.53 bits per heavy atom. The predicted octanol–water partition coefficient (Wildman–Crippen LogP) is 2.78. The molecule has 0 aromatic heterocycles. The van der Waals surface area contributed by atoms with Crippen LogP contribution in [-0.4, -0.2) is 19.3 Å². The van der Waals surface area contributed by atoms with Crippen molar-refractivity contribution in [1.82, 2.24) is 10.6 Å². The van der Waals surface area contributed by atoms with Crippen molar-refractivity contribution < 1.29 is 0 Å². The molecule has 0 amide bonds. The fourth-order valence-electron chi connectivity index (χ4n) is 2.10. The first-order valence-corrected chi connectivity index (χ1v) is 6.65. The van der Waals surface area contributed by atoms with Crippen LogP contribution in [0.3, 0.4) is 0 Å². The first-order valence-electron chi connectivity index (χ1n) is 6.65. The monoisotopic (exact) mass is 230 g/mol. The Morgan fingerprint density at radius 3 is 2.18 bits per heavy atom. The summed E-state index contributed by atoms with van der Waals surface area (Å²) in [7, 11) is 0. The van der Waals surface area contributed by atoms with E-state index in [9.17, 15) is 0 Å². The van der Waals surface area contributed by atoms with E-state index in [1.807, 2.05) is 6.07 Å². The Morgan fingerprint density at radius 1 is 0.882 bits per heavy atom. The topological polar surface area (TPSA) is 24.1 Å². The molecule has 2 N–H and O–H groups in total. The fraction of sp³-hybridized carbons (Fsp3) is 0.467. The summed E-state index contributed by atoms with van der Waals surface area (Å²) >= 11 is 0. The summed E-state index contributed by atoms with van der Waals surface area (Å²) in [4.78, 5) is 0. The second-order valence-corrected chi connectivity index (χ2v) is 4.57. The summed E-state index contributed by atoms with van der Waals surface area (Å²) in [6.45, 7) is 2.22. The molecule has 92 valence electrons. The summed E-state index contributed by atoms with van der Waals surface area (Å²) in [5, 5.41) is 7.07. The third kappa shape index (κ3) is 4.72. The number of hydrogen-bond donors (Lipinski definition) is 2. The van der Waals surface area contributed by atoms with Crippen LogP contribution in [-0.2, 0) is 0 Å². The van der Waals surface area contributed by atoms with Crippen molar-refractivity contribution in [1.29, 1.82) is 0 Å². The highest BCUT2D eigenvalue weighted by Crippen LogP contribution is 2.04. The first kappa shape index (κ1) is 12.3. The maximum Gasteiger partial charge on any atom is 0.0767 e. The van der Waals surface area contributed by atoms with Crippen molar-refractivity contribution in [2.24, 2.45) is 0 Å². The van der Waals surface area contributed by atoms with Gasteiger partial charge < -0.3 is 0 Å². The highest BCUT2D eigenvalue weighted by Gasteiger charge is 2.04. The van der Waals surface area contributed by atoms with Gasteiger partial charge in [0, 0.05) is 0 Å². The van der Waals surface area contributed by atoms with Gasteiger partial charge in [-0.15, -0.1) is 0 Å². The van der Waals surface area contributed by atoms with Crippen LogP contribution in [0.25, 0.3) is 6.08 Å². The normalized spacial score (nSPS) is 19.8. The van der Waals surface area contributed by atoms with Crippen molar-refractivity contribution in [2.45, 2.75) is 31.8 Å². The van der Waals surface area contributed by atoms with E-state index in [1.165, 1.54) is 31.2 Å². The average molecular weight is 230 g/mol. The molecule has 1 heterocycles. The lowest BCUT2D eigenvalue weighted by molar-refractivity contribution is 0.504. The van der Waals surface area contributed by atoms with Gasteiger partial charge >= 0.3 is 0 Å². The lowest BCUT2D eigenvalue weighted by Gasteiger charge is -2.15. The van der Waals surface area contributed by atoms with Crippen LogP contribution < -0.4 is 10.6 Å². The molecule has 2 heteroatoms. The smallest absolute Gasteiger partial charge is 0.0767 e. The molecule has 1 aliphatic heterocycles. The molecular weight excluding hydrogens is 208 g/mol. The van der Waals surface area contributed by atoms with E-state index in [1.54, 1.807) is 0 Å². The van der Waals surface area contributed by atoms with Crippen molar-refractivity contribution in [3.63, 3.8) is 0 Å². The highest BCUT2D eigenvalue weighted by atomic mass is 15.1. The zero-order chi connectivity index (χ0) is 11.8. The lowest BCUT2D eigenvalue weighted by Crippen LogP contribution is -2.41. The van der Waals surface area contributed by atoms with Gasteiger partial charge in [0.25, 0.3) is 0 Å². The van der Waals surface area contributed by atoms with Crippen molar-refractivity contribution >= 4 is 6.08 Å². The summed E-state index contributed by atoms with van der Waals surface area (Å²) < 4.78 is 0. The predicted molar refractivity (Wildman–Crippen MR) is 73.7 cm³/mol. The van der Waals surface area contributed by atoms with Gasteiger partial charge in [-0.25, -0.2) is 0 Å². The summed E-state index contributed by atoms with van der Waals surface area (Å²) in [5.41, 5.74) is 1.26. The standard InChI is InChI=1S/C15H22N2/c1-2-7-13-17-15(16-12-6-1)11-10-14-8-4-3-5-9-14/h3-5,8-11,15-17H,1-2,6-7,12-13H2/b11-10+. The van der Waals surface area contributed by atoms with E-state index in [-0.39, 0.29) is 0 Å². The van der Waals surface area contributed by atoms with Crippen LogP contribution in [0.4, 0.5) is 0 Å². The Hall–Kier alpha value is -1.12. The van der Waals surface area contributed by atoms with Gasteiger partial charge in [-0.1, -0.05) is 55.3 Å². The maximum atomic E-state index is 3.53. The molecule has 0 spiro atoms. The highest BCUT2D eigenvalue weighted by molar-refractivity contribution is 5.49. The summed E-state index contributed by atoms with van der Waals surface area (Å²) in [6.07, 6.45) is 10.00. The van der Waals surface area contributed by atoms with Crippen LogP contribution in [0.2, 0.25) is 0 Å². The SMILES string of the molecule is C(=C\C1NCCCCCCN1)/c1ccccc1. The molecule has 0 atom stereocenters. The number of benzene rings is 1. The van der Waals surface area contributed by atoms with Crippen LogP contribution in [0.1, 0.15) is 31.2 Å². The largest absolute Gasteiger partial charge is 0.299 e. The third-order valence-corrected chi connectivity index (χ3v) is 3.11. The van der Waals surface area contributed by atoms with Crippen LogP contribution in [0.15, 0.2) is 36.4 Å². The van der Waals surface area contributed by atoms with Gasteiger partial charge in [0.2, 0.25) is 0 Å². The fourth-order valence-corrected chi connectivity index (χ4v) is 2.10. The first-order chi connectivity index (χ1) is 8.45. The Bertz CT molecular complexity index is 322. The minimum atomic E-state index is 0.313. The van der Waals surface area contributed by atoms with Gasteiger partial charge in [0.1, 0.15) is 0 Å². The summed E-state index contributed by atoms with van der Waals surface area (Å²) in [6, 6.07) is 10.5. The molecule has 0 saturated carbocycles. The number of rotatable bonds is 2. The molecule has 0 radical (unpaired) electrons. The average Bonchev–Trinajstić information content (AvgIpc) is 2.51. The molecule has 1 aromatic rings. The zero-order valence-corrected chi connectivity index (χ0v) is 10.4. The van der Waals surface area contributed by atoms with Gasteiger partial charge in [-0.3, -0.25) is 10.6 Å². The van der Waals surface area contributed by atoms with Crippen molar-refractivity contribution in [3.05, 3.63) is 42.0 Å². The third-order valence-electron chi connectivity index (χ3n) is 3.11. The van der Waals surface area contributed by atoms with E-state index in [0.717, 1.165) is 13.1 Å². The van der Waals surface area contributed by atoms with E-state index in [0.29, 0.717) is 6.17 Å². The molecule has 1 aliphatic rings. The molecule has 2 rings (SSSR count). The van der Waals surface area contributed by atoms with E-state index >= 15 is 0 Å². The number of hydrogen-bond acceptors (Lipinski definition) is 2. The molecule has 17 heavy (non-hydrogen) atoms. The molecule has 1 fully saturated rings. The van der Waals surface area contributed by atoms with E-state index in [2.05, 4.69) is 47.1 Å². The van der Waals surface area contributed by atoms with Crippen LogP contribution in [0, 0.1) is 0 Å². The molecule has 0 unspecified atom stereocenters. The van der Waals surface area contributed by atoms with Gasteiger partial charge in [-0.2, -0.15) is 0 Å². The molecule has 0 aliphatic carbocycles. The van der Waals surface area contributed by atoms with E-state index in [4.69, 9.17) is 0 Å². The minimum Gasteiger partial charge on any atom is -0.299 e. The van der Waals surface area contributed by atoms with Crippen molar-refractivity contribution in [3.8, 4) is 0 Å². The Balaban J connectivity index is 1.89. The second-order valence-electron chi connectivity index (χ2n) is 4.57. The van der Waals surface area contributed by atoms with Crippen LogP contribution in [0.5, 0.6) is 0 Å². The molecule has 1 aromatic carbocycles. The Kier molecular flexibility index (Phi) is 5.27. The van der Waals surface area contributed by atoms with E-state index < -0.39 is 0 Å². The maximum absolute atomic E-state index is 3.53. The molecule has 0 bridgehead atoms. The van der Waals surface area contributed by atoms with Gasteiger partial charge in [0.05, 0.1) is 6.17 Å². The second kappa shape index (κ2) is 7.25. The number of nitrogens with one attached hydrogen (secondary N) is 2. The van der Waals surface area contributed by atoms with Crippen molar-refractivity contribution in [2.75, 3.05) is 13.1 Å². The van der Waals surface area contributed by atoms with Gasteiger partial charge in [-0.05, 0) is 31.5 Å². The molecular formula is C15H22N2. The zero-order valence-electron chi connectivity index (χ0n) is 10.4. The summed E-state index contributed by atoms with van der Waals surface area (Å²) in [5.74, 6) is 0. The lowest BCUT2D eigenvalue weighted by atomic mass is 10.2. The minimum absolute atomic E-state index is 0.313. The molecule has 2 nitrogen and oxygen atoms in total. The van der Waals surface area contributed by atoms with Gasteiger partial charge in [0.15, 0.2) is 0 Å². The van der Waals surface area contributed by atoms with Crippen LogP contribution >= 0.6 is 0 Å². The molecule has 1 saturated heterocycles. The Labute approximate surface area is 104 Å². The quantitative estimate of drug-likeness (QED) is 0.816.